The average molecular weight is 441 g/mol. The van der Waals surface area contributed by atoms with Crippen LogP contribution in [0.3, 0.4) is 0 Å². The molecule has 1 aromatic carbocycles. The SMILES string of the molecule is CCn1cc(-c2ccnc(Nc3ccc(N4CCC[C@@H](N)C4)cc3)n2)c(-c2cccnc2)n1. The van der Waals surface area contributed by atoms with Crippen LogP contribution in [0, 0.1) is 0 Å². The van der Waals surface area contributed by atoms with Gasteiger partial charge in [-0.05, 0) is 62.2 Å². The topological polar surface area (TPSA) is 97.8 Å². The Kier molecular flexibility index (Phi) is 5.99. The van der Waals surface area contributed by atoms with Gasteiger partial charge in [-0.25, -0.2) is 9.97 Å². The third kappa shape index (κ3) is 4.70. The lowest BCUT2D eigenvalue weighted by molar-refractivity contribution is 0.506. The van der Waals surface area contributed by atoms with Crippen LogP contribution in [0.25, 0.3) is 22.5 Å². The molecule has 5 rings (SSSR count). The number of aromatic nitrogens is 5. The van der Waals surface area contributed by atoms with Crippen LogP contribution in [0.15, 0.2) is 67.3 Å². The molecule has 4 aromatic rings. The van der Waals surface area contributed by atoms with Gasteiger partial charge in [0.15, 0.2) is 0 Å². The van der Waals surface area contributed by atoms with Crippen LogP contribution in [0.4, 0.5) is 17.3 Å². The zero-order valence-electron chi connectivity index (χ0n) is 18.7. The van der Waals surface area contributed by atoms with Crippen molar-refractivity contribution in [2.75, 3.05) is 23.3 Å². The fourth-order valence-electron chi connectivity index (χ4n) is 4.18. The standard InChI is InChI=1S/C25H28N8/c1-2-33-17-22(24(31-33)18-5-3-12-27-15-18)23-11-13-28-25(30-23)29-20-7-9-21(10-8-20)32-14-4-6-19(26)16-32/h3,5,7-13,15,17,19H,2,4,6,14,16,26H2,1H3,(H,28,29,30)/t19-/m1/s1. The molecule has 0 unspecified atom stereocenters. The third-order valence-corrected chi connectivity index (χ3v) is 5.90. The molecule has 3 aromatic heterocycles. The number of hydrogen-bond donors (Lipinski definition) is 2. The summed E-state index contributed by atoms with van der Waals surface area (Å²) in [4.78, 5) is 15.8. The molecule has 0 bridgehead atoms. The van der Waals surface area contributed by atoms with E-state index in [9.17, 15) is 0 Å². The van der Waals surface area contributed by atoms with Gasteiger partial charge in [-0.2, -0.15) is 5.10 Å². The summed E-state index contributed by atoms with van der Waals surface area (Å²) < 4.78 is 1.91. The molecule has 168 valence electrons. The maximum Gasteiger partial charge on any atom is 0.227 e. The lowest BCUT2D eigenvalue weighted by atomic mass is 10.1. The van der Waals surface area contributed by atoms with Crippen molar-refractivity contribution >= 4 is 17.3 Å². The van der Waals surface area contributed by atoms with Crippen LogP contribution in [0.2, 0.25) is 0 Å². The lowest BCUT2D eigenvalue weighted by Gasteiger charge is -2.32. The summed E-state index contributed by atoms with van der Waals surface area (Å²) in [5.74, 6) is 0.543. The first kappa shape index (κ1) is 21.1. The second kappa shape index (κ2) is 9.38. The second-order valence-electron chi connectivity index (χ2n) is 8.27. The summed E-state index contributed by atoms with van der Waals surface area (Å²) in [5, 5.41) is 8.06. The Balaban J connectivity index is 1.38. The van der Waals surface area contributed by atoms with Gasteiger partial charge in [0.2, 0.25) is 5.95 Å². The molecule has 0 amide bonds. The van der Waals surface area contributed by atoms with Crippen LogP contribution in [-0.2, 0) is 6.54 Å². The first-order valence-electron chi connectivity index (χ1n) is 11.4. The van der Waals surface area contributed by atoms with Crippen molar-refractivity contribution in [3.8, 4) is 22.5 Å². The van der Waals surface area contributed by atoms with Gasteiger partial charge < -0.3 is 16.0 Å². The quantitative estimate of drug-likeness (QED) is 0.466. The van der Waals surface area contributed by atoms with Gasteiger partial charge in [-0.1, -0.05) is 0 Å². The van der Waals surface area contributed by atoms with E-state index in [0.717, 1.165) is 60.7 Å². The van der Waals surface area contributed by atoms with Gasteiger partial charge >= 0.3 is 0 Å². The smallest absolute Gasteiger partial charge is 0.227 e. The molecule has 1 aliphatic rings. The Morgan fingerprint density at radius 3 is 2.76 bits per heavy atom. The Labute approximate surface area is 193 Å². The van der Waals surface area contributed by atoms with E-state index < -0.39 is 0 Å². The van der Waals surface area contributed by atoms with Crippen molar-refractivity contribution in [1.82, 2.24) is 24.7 Å². The maximum absolute atomic E-state index is 6.13. The number of anilines is 3. The molecule has 0 spiro atoms. The van der Waals surface area contributed by atoms with E-state index in [1.165, 1.54) is 5.69 Å². The van der Waals surface area contributed by atoms with Crippen LogP contribution in [-0.4, -0.2) is 43.9 Å². The molecule has 1 atom stereocenters. The van der Waals surface area contributed by atoms with Gasteiger partial charge in [0, 0.05) is 73.0 Å². The van der Waals surface area contributed by atoms with Crippen LogP contribution >= 0.6 is 0 Å². The molecule has 0 radical (unpaired) electrons. The first-order chi connectivity index (χ1) is 16.2. The number of hydrogen-bond acceptors (Lipinski definition) is 7. The fourth-order valence-corrected chi connectivity index (χ4v) is 4.18. The van der Waals surface area contributed by atoms with Crippen molar-refractivity contribution in [1.29, 1.82) is 0 Å². The Morgan fingerprint density at radius 1 is 1.12 bits per heavy atom. The number of rotatable bonds is 6. The number of benzene rings is 1. The number of nitrogens with zero attached hydrogens (tertiary/aromatic N) is 6. The van der Waals surface area contributed by atoms with E-state index >= 15 is 0 Å². The normalized spacial score (nSPS) is 16.1. The van der Waals surface area contributed by atoms with E-state index in [0.29, 0.717) is 5.95 Å². The van der Waals surface area contributed by atoms with E-state index in [2.05, 4.69) is 51.4 Å². The van der Waals surface area contributed by atoms with Crippen LogP contribution in [0.1, 0.15) is 19.8 Å². The summed E-state index contributed by atoms with van der Waals surface area (Å²) >= 11 is 0. The molecule has 0 saturated carbocycles. The van der Waals surface area contributed by atoms with Crippen molar-refractivity contribution < 1.29 is 0 Å². The Bertz CT molecular complexity index is 1200. The van der Waals surface area contributed by atoms with Crippen LogP contribution < -0.4 is 16.0 Å². The molecule has 4 heterocycles. The van der Waals surface area contributed by atoms with Crippen LogP contribution in [0.5, 0.6) is 0 Å². The highest BCUT2D eigenvalue weighted by atomic mass is 15.3. The molecular formula is C25H28N8. The van der Waals surface area contributed by atoms with Gasteiger partial charge in [0.05, 0.1) is 5.69 Å². The van der Waals surface area contributed by atoms with E-state index in [1.54, 1.807) is 12.4 Å². The minimum absolute atomic E-state index is 0.251. The van der Waals surface area contributed by atoms with E-state index in [-0.39, 0.29) is 6.04 Å². The van der Waals surface area contributed by atoms with Crippen molar-refractivity contribution in [3.05, 3.63) is 67.3 Å². The Hall–Kier alpha value is -3.78. The maximum atomic E-state index is 6.13. The lowest BCUT2D eigenvalue weighted by Crippen LogP contribution is -2.42. The number of nitrogens with one attached hydrogen (secondary N) is 1. The summed E-state index contributed by atoms with van der Waals surface area (Å²) in [6.45, 7) is 4.80. The molecule has 3 N–H and O–H groups in total. The molecule has 1 saturated heterocycles. The molecule has 33 heavy (non-hydrogen) atoms. The van der Waals surface area contributed by atoms with E-state index in [1.807, 2.05) is 35.3 Å². The zero-order valence-corrected chi connectivity index (χ0v) is 18.7. The first-order valence-corrected chi connectivity index (χ1v) is 11.4. The highest BCUT2D eigenvalue weighted by molar-refractivity contribution is 5.78. The molecule has 1 aliphatic heterocycles. The molecule has 0 aliphatic carbocycles. The summed E-state index contributed by atoms with van der Waals surface area (Å²) in [6, 6.07) is 14.4. The van der Waals surface area contributed by atoms with Gasteiger partial charge in [-0.3, -0.25) is 9.67 Å². The predicted molar refractivity (Wildman–Crippen MR) is 131 cm³/mol. The molecule has 8 heteroatoms. The van der Waals surface area contributed by atoms with Crippen molar-refractivity contribution in [3.63, 3.8) is 0 Å². The minimum atomic E-state index is 0.251. The number of nitrogens with two attached hydrogens (primary N) is 1. The van der Waals surface area contributed by atoms with Gasteiger partial charge in [0.1, 0.15) is 5.69 Å². The summed E-state index contributed by atoms with van der Waals surface area (Å²) in [7, 11) is 0. The van der Waals surface area contributed by atoms with Crippen molar-refractivity contribution in [2.24, 2.45) is 5.73 Å². The summed E-state index contributed by atoms with van der Waals surface area (Å²) in [6.07, 6.45) is 9.61. The zero-order chi connectivity index (χ0) is 22.6. The number of piperidine rings is 1. The second-order valence-corrected chi connectivity index (χ2v) is 8.27. The predicted octanol–water partition coefficient (Wildman–Crippen LogP) is 4.09. The fraction of sp³-hybridized carbons (Fsp3) is 0.280. The van der Waals surface area contributed by atoms with E-state index in [4.69, 9.17) is 15.8 Å². The van der Waals surface area contributed by atoms with Gasteiger partial charge in [-0.15, -0.1) is 0 Å². The Morgan fingerprint density at radius 2 is 2.00 bits per heavy atom. The highest BCUT2D eigenvalue weighted by Gasteiger charge is 2.17. The minimum Gasteiger partial charge on any atom is -0.370 e. The molecular weight excluding hydrogens is 412 g/mol. The highest BCUT2D eigenvalue weighted by Crippen LogP contribution is 2.30. The molecule has 1 fully saturated rings. The van der Waals surface area contributed by atoms with Gasteiger partial charge in [0.25, 0.3) is 0 Å². The third-order valence-electron chi connectivity index (χ3n) is 5.90. The average Bonchev–Trinajstić information content (AvgIpc) is 3.30. The molecule has 8 nitrogen and oxygen atoms in total. The largest absolute Gasteiger partial charge is 0.370 e. The number of pyridine rings is 1. The van der Waals surface area contributed by atoms with Crippen molar-refractivity contribution in [2.45, 2.75) is 32.4 Å². The monoisotopic (exact) mass is 440 g/mol. The summed E-state index contributed by atoms with van der Waals surface area (Å²) in [5.41, 5.74) is 11.8. The number of aryl methyl sites for hydroxylation is 1.